The molecular formula is C20H21N5OS. The maximum absolute atomic E-state index is 12.0. The lowest BCUT2D eigenvalue weighted by Gasteiger charge is -2.29. The predicted octanol–water partition coefficient (Wildman–Crippen LogP) is 2.81. The van der Waals surface area contributed by atoms with E-state index in [1.807, 2.05) is 12.1 Å². The fourth-order valence-corrected chi connectivity index (χ4v) is 5.37. The lowest BCUT2D eigenvalue weighted by molar-refractivity contribution is -0.120. The smallest absolute Gasteiger partial charge is 0.239 e. The Hall–Kier alpha value is -2.54. The first-order chi connectivity index (χ1) is 13.2. The van der Waals surface area contributed by atoms with Gasteiger partial charge in [-0.3, -0.25) is 9.78 Å². The second-order valence-electron chi connectivity index (χ2n) is 7.42. The minimum atomic E-state index is 0.0497. The molecule has 1 fully saturated rings. The number of pyridine rings is 1. The molecule has 0 unspecified atom stereocenters. The lowest BCUT2D eigenvalue weighted by Crippen LogP contribution is -2.48. The molecule has 27 heavy (non-hydrogen) atoms. The molecular weight excluding hydrogens is 358 g/mol. The van der Waals surface area contributed by atoms with E-state index in [4.69, 9.17) is 9.97 Å². The number of rotatable bonds is 2. The van der Waals surface area contributed by atoms with Crippen LogP contribution in [0.5, 0.6) is 0 Å². The Morgan fingerprint density at radius 2 is 2.26 bits per heavy atom. The number of hydrogen-bond acceptors (Lipinski definition) is 6. The highest BCUT2D eigenvalue weighted by atomic mass is 32.1. The number of aromatic nitrogens is 3. The second-order valence-corrected chi connectivity index (χ2v) is 8.50. The normalized spacial score (nSPS) is 19.8. The van der Waals surface area contributed by atoms with E-state index in [9.17, 15) is 4.79 Å². The molecule has 1 aliphatic carbocycles. The Balaban J connectivity index is 1.72. The van der Waals surface area contributed by atoms with Crippen LogP contribution in [0.15, 0.2) is 24.5 Å². The van der Waals surface area contributed by atoms with Gasteiger partial charge in [-0.1, -0.05) is 6.92 Å². The number of aryl methyl sites for hydroxylation is 1. The molecule has 1 saturated heterocycles. The summed E-state index contributed by atoms with van der Waals surface area (Å²) in [5.41, 5.74) is 2.30. The molecule has 5 rings (SSSR count). The molecule has 0 saturated carbocycles. The highest BCUT2D eigenvalue weighted by Gasteiger charge is 2.28. The molecule has 7 heteroatoms. The Labute approximate surface area is 161 Å². The molecule has 4 heterocycles. The average Bonchev–Trinajstić information content (AvgIpc) is 3.05. The third kappa shape index (κ3) is 2.96. The van der Waals surface area contributed by atoms with Crippen molar-refractivity contribution in [3.63, 3.8) is 0 Å². The van der Waals surface area contributed by atoms with Crippen LogP contribution >= 0.6 is 11.3 Å². The molecule has 0 aromatic carbocycles. The molecule has 1 atom stereocenters. The Morgan fingerprint density at radius 3 is 3.07 bits per heavy atom. The highest BCUT2D eigenvalue weighted by Crippen LogP contribution is 2.41. The predicted molar refractivity (Wildman–Crippen MR) is 107 cm³/mol. The minimum Gasteiger partial charge on any atom is -0.353 e. The van der Waals surface area contributed by atoms with Gasteiger partial charge in [-0.05, 0) is 42.9 Å². The highest BCUT2D eigenvalue weighted by molar-refractivity contribution is 7.19. The first kappa shape index (κ1) is 16.6. The third-order valence-corrected chi connectivity index (χ3v) is 6.54. The Morgan fingerprint density at radius 1 is 1.33 bits per heavy atom. The van der Waals surface area contributed by atoms with Crippen LogP contribution in [0.2, 0.25) is 0 Å². The van der Waals surface area contributed by atoms with Gasteiger partial charge in [0.25, 0.3) is 0 Å². The topological polar surface area (TPSA) is 71.0 Å². The van der Waals surface area contributed by atoms with Crippen LogP contribution < -0.4 is 10.2 Å². The number of nitrogens with one attached hydrogen (secondary N) is 1. The summed E-state index contributed by atoms with van der Waals surface area (Å²) in [5.74, 6) is 2.35. The number of amides is 1. The molecule has 0 bridgehead atoms. The van der Waals surface area contributed by atoms with Crippen molar-refractivity contribution in [1.29, 1.82) is 0 Å². The van der Waals surface area contributed by atoms with Crippen molar-refractivity contribution in [2.45, 2.75) is 26.2 Å². The quantitative estimate of drug-likeness (QED) is 0.741. The molecule has 0 radical (unpaired) electrons. The van der Waals surface area contributed by atoms with Gasteiger partial charge in [0, 0.05) is 35.9 Å². The van der Waals surface area contributed by atoms with E-state index in [2.05, 4.69) is 22.1 Å². The number of hydrogen-bond donors (Lipinski definition) is 1. The summed E-state index contributed by atoms with van der Waals surface area (Å²) >= 11 is 1.79. The van der Waals surface area contributed by atoms with Gasteiger partial charge in [-0.15, -0.1) is 11.3 Å². The molecule has 3 aromatic rings. The number of piperazine rings is 1. The standard InChI is InChI=1S/C20H21N5OS/c1-12-4-5-14-15(9-12)27-20-17(14)19(25-8-7-22-16(26)11-25)23-18(24-20)13-3-2-6-21-10-13/h2-3,6,10,12H,4-5,7-9,11H2,1H3,(H,22,26)/t12-/m1/s1. The number of thiophene rings is 1. The number of carbonyl (C=O) groups is 1. The molecule has 1 aliphatic heterocycles. The van der Waals surface area contributed by atoms with E-state index in [0.717, 1.165) is 41.0 Å². The van der Waals surface area contributed by atoms with Gasteiger partial charge >= 0.3 is 0 Å². The zero-order valence-electron chi connectivity index (χ0n) is 15.2. The first-order valence-corrected chi connectivity index (χ1v) is 10.2. The van der Waals surface area contributed by atoms with Crippen molar-refractivity contribution < 1.29 is 4.79 Å². The van der Waals surface area contributed by atoms with Crippen LogP contribution in [0.1, 0.15) is 23.8 Å². The summed E-state index contributed by atoms with van der Waals surface area (Å²) in [6.07, 6.45) is 6.92. The van der Waals surface area contributed by atoms with Gasteiger partial charge < -0.3 is 10.2 Å². The molecule has 2 aliphatic rings. The van der Waals surface area contributed by atoms with E-state index in [-0.39, 0.29) is 5.91 Å². The molecule has 3 aromatic heterocycles. The van der Waals surface area contributed by atoms with E-state index in [0.29, 0.717) is 24.8 Å². The van der Waals surface area contributed by atoms with Crippen molar-refractivity contribution in [2.24, 2.45) is 5.92 Å². The molecule has 6 nitrogen and oxygen atoms in total. The largest absolute Gasteiger partial charge is 0.353 e. The van der Waals surface area contributed by atoms with Gasteiger partial charge in [0.05, 0.1) is 11.9 Å². The summed E-state index contributed by atoms with van der Waals surface area (Å²) in [6.45, 7) is 4.08. The number of nitrogens with zero attached hydrogens (tertiary/aromatic N) is 4. The zero-order valence-corrected chi connectivity index (χ0v) is 16.1. The molecule has 0 spiro atoms. The van der Waals surface area contributed by atoms with Crippen molar-refractivity contribution in [1.82, 2.24) is 20.3 Å². The summed E-state index contributed by atoms with van der Waals surface area (Å²) < 4.78 is 0. The SMILES string of the molecule is C[C@@H]1CCc2c(sc3nc(-c4cccnc4)nc(N4CCNC(=O)C4)c23)C1. The monoisotopic (exact) mass is 379 g/mol. The van der Waals surface area contributed by atoms with Crippen LogP contribution in [0.3, 0.4) is 0 Å². The van der Waals surface area contributed by atoms with Gasteiger partial charge in [0.2, 0.25) is 5.91 Å². The van der Waals surface area contributed by atoms with Crippen LogP contribution in [-0.4, -0.2) is 40.5 Å². The van der Waals surface area contributed by atoms with Crippen molar-refractivity contribution in [3.05, 3.63) is 35.0 Å². The Kier molecular flexibility index (Phi) is 4.04. The van der Waals surface area contributed by atoms with Crippen molar-refractivity contribution in [3.8, 4) is 11.4 Å². The number of carbonyl (C=O) groups excluding carboxylic acids is 1. The lowest BCUT2D eigenvalue weighted by atomic mass is 9.89. The first-order valence-electron chi connectivity index (χ1n) is 9.43. The fourth-order valence-electron chi connectivity index (χ4n) is 4.00. The minimum absolute atomic E-state index is 0.0497. The van der Waals surface area contributed by atoms with E-state index in [1.54, 1.807) is 23.7 Å². The van der Waals surface area contributed by atoms with E-state index in [1.165, 1.54) is 16.9 Å². The summed E-state index contributed by atoms with van der Waals surface area (Å²) in [7, 11) is 0. The summed E-state index contributed by atoms with van der Waals surface area (Å²) in [4.78, 5) is 30.6. The van der Waals surface area contributed by atoms with Gasteiger partial charge in [0.15, 0.2) is 5.82 Å². The van der Waals surface area contributed by atoms with Crippen LogP contribution in [0, 0.1) is 5.92 Å². The molecule has 1 amide bonds. The van der Waals surface area contributed by atoms with Crippen LogP contribution in [0.25, 0.3) is 21.6 Å². The molecule has 138 valence electrons. The maximum atomic E-state index is 12.0. The fraction of sp³-hybridized carbons (Fsp3) is 0.400. The van der Waals surface area contributed by atoms with E-state index < -0.39 is 0 Å². The zero-order chi connectivity index (χ0) is 18.4. The van der Waals surface area contributed by atoms with Gasteiger partial charge in [-0.2, -0.15) is 0 Å². The van der Waals surface area contributed by atoms with Crippen molar-refractivity contribution in [2.75, 3.05) is 24.5 Å². The van der Waals surface area contributed by atoms with Gasteiger partial charge in [-0.25, -0.2) is 9.97 Å². The van der Waals surface area contributed by atoms with Crippen LogP contribution in [-0.2, 0) is 17.6 Å². The van der Waals surface area contributed by atoms with Crippen LogP contribution in [0.4, 0.5) is 5.82 Å². The maximum Gasteiger partial charge on any atom is 0.239 e. The van der Waals surface area contributed by atoms with E-state index >= 15 is 0 Å². The Bertz CT molecular complexity index is 1020. The number of fused-ring (bicyclic) bond motifs is 3. The molecule has 1 N–H and O–H groups in total. The average molecular weight is 379 g/mol. The number of anilines is 1. The van der Waals surface area contributed by atoms with Crippen molar-refractivity contribution >= 4 is 33.3 Å². The summed E-state index contributed by atoms with van der Waals surface area (Å²) in [6, 6.07) is 3.88. The second kappa shape index (κ2) is 6.56. The summed E-state index contributed by atoms with van der Waals surface area (Å²) in [5, 5.41) is 4.06. The van der Waals surface area contributed by atoms with Gasteiger partial charge in [0.1, 0.15) is 10.6 Å². The third-order valence-electron chi connectivity index (χ3n) is 5.39.